The number of halogens is 2. The first-order valence-electron chi connectivity index (χ1n) is 44.3. The Hall–Kier alpha value is -9.98. The van der Waals surface area contributed by atoms with E-state index in [1.54, 1.807) is 86.3 Å². The number of rotatable bonds is 16. The molecule has 5 saturated heterocycles. The molecule has 5 aliphatic heterocycles. The van der Waals surface area contributed by atoms with E-state index in [9.17, 15) is 66.7 Å². The summed E-state index contributed by atoms with van der Waals surface area (Å²) in [4.78, 5) is 78.0. The molecule has 9 fully saturated rings. The lowest BCUT2D eigenvalue weighted by Gasteiger charge is -2.34. The molecule has 0 aromatic carbocycles. The largest absolute Gasteiger partial charge is 0.392 e. The quantitative estimate of drug-likeness (QED) is 0.0809. The smallest absolute Gasteiger partial charge is 0.254 e. The predicted molar refractivity (Wildman–Crippen MR) is 490 cm³/mol. The zero-order valence-corrected chi connectivity index (χ0v) is 76.8. The Bertz CT molecular complexity index is 6770. The van der Waals surface area contributed by atoms with Gasteiger partial charge in [0.15, 0.2) is 0 Å². The Morgan fingerprint density at radius 1 is 0.438 bits per heavy atom. The molecule has 678 valence electrons. The summed E-state index contributed by atoms with van der Waals surface area (Å²) in [6, 6.07) is 6.41. The van der Waals surface area contributed by atoms with Crippen molar-refractivity contribution in [2.24, 2.45) is 55.0 Å². The molecule has 128 heavy (non-hydrogen) atoms. The van der Waals surface area contributed by atoms with Crippen LogP contribution in [0.25, 0.3) is 68.8 Å². The van der Waals surface area contributed by atoms with E-state index in [4.69, 9.17) is 15.1 Å². The van der Waals surface area contributed by atoms with E-state index < -0.39 is 57.5 Å². The minimum absolute atomic E-state index is 0.0102. The number of alkyl halides is 2. The first kappa shape index (κ1) is 88.7. The number of hydrogen-bond acceptors (Lipinski definition) is 21. The third kappa shape index (κ3) is 16.6. The van der Waals surface area contributed by atoms with E-state index in [0.29, 0.717) is 103 Å². The van der Waals surface area contributed by atoms with Crippen LogP contribution in [0.1, 0.15) is 161 Å². The molecule has 29 nitrogen and oxygen atoms in total. The Morgan fingerprint density at radius 2 is 0.734 bits per heavy atom. The Labute approximate surface area is 744 Å². The van der Waals surface area contributed by atoms with Crippen LogP contribution >= 0.6 is 0 Å². The van der Waals surface area contributed by atoms with Crippen molar-refractivity contribution in [3.8, 4) is 44.5 Å². The van der Waals surface area contributed by atoms with Crippen molar-refractivity contribution in [1.82, 2.24) is 51.5 Å². The monoisotopic (exact) mass is 1820 g/mol. The number of β-amino-alcohol motifs (C(OH)–C–C–N with tert-alkyl or cyclic N) is 1. The molecule has 13 heterocycles. The van der Waals surface area contributed by atoms with E-state index in [-0.39, 0.29) is 60.8 Å². The van der Waals surface area contributed by atoms with Gasteiger partial charge in [-0.1, -0.05) is 48.6 Å². The molecule has 8 aliphatic carbocycles. The molecule has 1 atom stereocenters. The Balaban J connectivity index is 0.000000115. The molecule has 4 saturated carbocycles. The number of pyridine rings is 8. The molecule has 21 rings (SSSR count). The molecule has 13 aliphatic rings. The number of aromatic nitrogens is 8. The van der Waals surface area contributed by atoms with Gasteiger partial charge in [-0.3, -0.25) is 19.2 Å². The molecule has 8 aromatic heterocycles. The van der Waals surface area contributed by atoms with Gasteiger partial charge in [0.05, 0.1) is 6.10 Å². The maximum Gasteiger partial charge on any atom is 0.254 e. The van der Waals surface area contributed by atoms with Gasteiger partial charge in [0, 0.05) is 242 Å². The molecule has 35 heteroatoms. The molecule has 4 spiro atoms. The van der Waals surface area contributed by atoms with Crippen molar-refractivity contribution < 1.29 is 47.6 Å². The number of hydrogen-bond donors (Lipinski definition) is 3. The summed E-state index contributed by atoms with van der Waals surface area (Å²) in [6.45, 7) is 10.3. The Morgan fingerprint density at radius 3 is 1.03 bits per heavy atom. The van der Waals surface area contributed by atoms with Crippen molar-refractivity contribution in [3.05, 3.63) is 184 Å². The van der Waals surface area contributed by atoms with Crippen LogP contribution in [0.4, 0.5) is 32.1 Å². The third-order valence-corrected chi connectivity index (χ3v) is 35.2. The number of fused-ring (bicyclic) bond motifs is 4. The number of nitrogens with one attached hydrogen (secondary N) is 1. The average molecular weight is 1830 g/mol. The predicted octanol–water partition coefficient (Wildman–Crippen LogP) is 10.2. The topological polar surface area (TPSA) is 354 Å². The SMILES string of the molecule is CC(C)NS(=O)(=O)c1cnc(N2CCC3(CC2)CC3)c(-c2cn(C)c(=O)c3c2C=CC3)c1.CN(C)S(=O)(=O)c1cnc(N2CCC3(CC2)CC3)c(-c2cn(C)c(=O)c3c2C=CC3)c1.Cn1cc(-c2cc(S(=O)(=O)N3CCC(O)C3)cnc2N2CCC3(CC2)CC3)c2c(c1=O)CC=C2.Cn1cc(-c2cc(S(N)(=O)=O)cnc2N2CCC3(CC2)CC3(F)F)c2c(c1=O)CC=C2. The number of aliphatic hydroxyl groups excluding tert-OH is 1. The van der Waals surface area contributed by atoms with Crippen LogP contribution in [0.2, 0.25) is 0 Å². The summed E-state index contributed by atoms with van der Waals surface area (Å²) in [5, 5.41) is 15.2. The van der Waals surface area contributed by atoms with Crippen LogP contribution in [0.3, 0.4) is 0 Å². The van der Waals surface area contributed by atoms with Crippen LogP contribution in [0.15, 0.2) is 137 Å². The summed E-state index contributed by atoms with van der Waals surface area (Å²) in [5.74, 6) is 0.278. The minimum Gasteiger partial charge on any atom is -0.392 e. The zero-order valence-electron chi connectivity index (χ0n) is 73.5. The van der Waals surface area contributed by atoms with Crippen molar-refractivity contribution in [1.29, 1.82) is 0 Å². The number of piperidine rings is 4. The lowest BCUT2D eigenvalue weighted by atomic mass is 9.92. The van der Waals surface area contributed by atoms with Gasteiger partial charge in [-0.2, -0.15) is 4.31 Å². The van der Waals surface area contributed by atoms with Gasteiger partial charge >= 0.3 is 0 Å². The lowest BCUT2D eigenvalue weighted by molar-refractivity contribution is 0.0536. The fourth-order valence-corrected chi connectivity index (χ4v) is 24.4. The second kappa shape index (κ2) is 32.8. The van der Waals surface area contributed by atoms with Crippen LogP contribution in [0, 0.1) is 21.7 Å². The average Bonchev–Trinajstić information content (AvgIpc) is 1.55. The van der Waals surface area contributed by atoms with E-state index in [1.165, 1.54) is 96.7 Å². The van der Waals surface area contributed by atoms with Gasteiger partial charge in [0.25, 0.3) is 28.2 Å². The van der Waals surface area contributed by atoms with E-state index >= 15 is 0 Å². The highest BCUT2D eigenvalue weighted by Crippen LogP contribution is 2.66. The first-order valence-corrected chi connectivity index (χ1v) is 50.2. The van der Waals surface area contributed by atoms with Gasteiger partial charge in [-0.25, -0.2) is 76.6 Å². The highest BCUT2D eigenvalue weighted by molar-refractivity contribution is 7.90. The van der Waals surface area contributed by atoms with Crippen LogP contribution in [-0.4, -0.2) is 183 Å². The first-order chi connectivity index (χ1) is 60.7. The Kier molecular flexibility index (Phi) is 22.7. The van der Waals surface area contributed by atoms with E-state index in [1.807, 2.05) is 65.9 Å². The molecule has 0 bridgehead atoms. The lowest BCUT2D eigenvalue weighted by Crippen LogP contribution is -2.37. The summed E-state index contributed by atoms with van der Waals surface area (Å²) < 4.78 is 141. The third-order valence-electron chi connectivity index (χ3n) is 29.1. The van der Waals surface area contributed by atoms with Gasteiger partial charge in [0.2, 0.25) is 40.1 Å². The van der Waals surface area contributed by atoms with Crippen LogP contribution in [0.5, 0.6) is 0 Å². The van der Waals surface area contributed by atoms with Gasteiger partial charge in [0.1, 0.15) is 42.9 Å². The number of aryl methyl sites for hydroxylation is 4. The van der Waals surface area contributed by atoms with E-state index in [2.05, 4.69) is 29.4 Å². The van der Waals surface area contributed by atoms with Crippen molar-refractivity contribution in [3.63, 3.8) is 0 Å². The maximum absolute atomic E-state index is 13.8. The molecule has 1 unspecified atom stereocenters. The molecular formula is C93H110F2N16O13S4. The summed E-state index contributed by atoms with van der Waals surface area (Å²) in [7, 11) is -5.20. The molecule has 4 N–H and O–H groups in total. The molecule has 0 amide bonds. The second-order valence-corrected chi connectivity index (χ2v) is 45.4. The van der Waals surface area contributed by atoms with Crippen LogP contribution < -0.4 is 51.7 Å². The highest BCUT2D eigenvalue weighted by Gasteiger charge is 2.71. The number of primary sulfonamides is 1. The maximum atomic E-state index is 13.8. The van der Waals surface area contributed by atoms with Crippen molar-refractivity contribution >= 4 is 87.7 Å². The molecular weight excluding hydrogens is 1720 g/mol. The number of sulfonamides is 4. The summed E-state index contributed by atoms with van der Waals surface area (Å²) in [6.07, 6.45) is 45.7. The van der Waals surface area contributed by atoms with Crippen LogP contribution in [-0.2, 0) is 94.0 Å². The van der Waals surface area contributed by atoms with Gasteiger partial charge in [-0.15, -0.1) is 0 Å². The van der Waals surface area contributed by atoms with Crippen molar-refractivity contribution in [2.75, 3.05) is 99.1 Å². The number of aliphatic hydroxyl groups is 1. The van der Waals surface area contributed by atoms with Crippen molar-refractivity contribution in [2.45, 2.75) is 180 Å². The van der Waals surface area contributed by atoms with Gasteiger partial charge in [-0.05, 0) is 199 Å². The number of anilines is 4. The fraction of sp³-hybridized carbons (Fsp3) is 0.484. The van der Waals surface area contributed by atoms with Gasteiger partial charge < -0.3 is 43.0 Å². The van der Waals surface area contributed by atoms with E-state index in [0.717, 1.165) is 168 Å². The normalized spacial score (nSPS) is 20.8. The minimum atomic E-state index is -4.00. The molecule has 8 aromatic rings. The summed E-state index contributed by atoms with van der Waals surface area (Å²) >= 11 is 0. The standard InChI is InChI=1S/C25H30N4O4S.C24H30N4O3S.C23H28N4O3S.C21H22F2N4O3S/c1-27-16-22(19-3-2-4-20(19)24(27)31)21-13-18(34(32,33)29-10-5-17(30)15-29)14-26-23(21)28-11-8-25(6-7-25)9-12-28;1-16(2)26-32(30,31)17-13-20(21-15-27(3)23(29)19-6-4-5-18(19)21)22(25-14-17)28-11-9-24(7-8-24)10-12-28;1-25(2)31(29,30)16-13-19(20-15-26(3)22(28)18-6-4-5-17(18)20)21(24-14-16)27-11-9-23(7-8-23)10-12-27;1-26-11-17(14-3-2-4-15(14)19(26)28)16-9-13(31(24,29)30)10-25-18(16)27-7-5-20(6-8-27)12-21(20,22)23/h2-3,13-14,16-17,30H,4-12,15H2,1H3;4-5,13-16,26H,6-12H2,1-3H3;4-5,13-15H,6-12H2,1-3H3;2-3,9-11H,4-8,12H2,1H3,(H2,24,29,30). The zero-order chi connectivity index (χ0) is 90.5. The highest BCUT2D eigenvalue weighted by atomic mass is 32.2. The number of nitrogens with zero attached hydrogens (tertiary/aromatic N) is 14. The second-order valence-electron chi connectivity index (χ2n) is 38.0. The number of nitrogens with two attached hydrogens (primary N) is 1. The molecule has 0 radical (unpaired) electrons. The summed E-state index contributed by atoms with van der Waals surface area (Å²) in [5.41, 5.74) is 12.7. The fourth-order valence-electron chi connectivity index (χ4n) is 20.3. The number of allylic oxidation sites excluding steroid dienone is 4.